The summed E-state index contributed by atoms with van der Waals surface area (Å²) in [5.74, 6) is -0.411. The van der Waals surface area contributed by atoms with E-state index in [-0.39, 0.29) is 16.3 Å². The molecule has 3 aromatic heterocycles. The molecule has 0 saturated carbocycles. The molecule has 134 valence electrons. The first-order chi connectivity index (χ1) is 11.6. The van der Waals surface area contributed by atoms with Crippen LogP contribution in [0.1, 0.15) is 28.0 Å². The summed E-state index contributed by atoms with van der Waals surface area (Å²) < 4.78 is 41.9. The van der Waals surface area contributed by atoms with E-state index in [0.717, 1.165) is 21.7 Å². The van der Waals surface area contributed by atoms with Crippen LogP contribution in [0.25, 0.3) is 10.2 Å². The molecule has 1 N–H and O–H groups in total. The van der Waals surface area contributed by atoms with Gasteiger partial charge in [-0.05, 0) is 26.0 Å². The molecule has 0 bridgehead atoms. The first-order valence-electron chi connectivity index (χ1n) is 7.50. The van der Waals surface area contributed by atoms with Crippen LogP contribution in [0.15, 0.2) is 18.3 Å². The van der Waals surface area contributed by atoms with Crippen LogP contribution in [0.4, 0.5) is 13.2 Å². The lowest BCUT2D eigenvalue weighted by Crippen LogP contribution is -2.35. The molecule has 0 saturated heterocycles. The van der Waals surface area contributed by atoms with Gasteiger partial charge in [-0.25, -0.2) is 0 Å². The quantitative estimate of drug-likeness (QED) is 0.767. The number of fused-ring (bicyclic) bond motifs is 1. The van der Waals surface area contributed by atoms with Gasteiger partial charge in [0.15, 0.2) is 5.69 Å². The third-order valence-corrected chi connectivity index (χ3v) is 4.82. The zero-order chi connectivity index (χ0) is 18.4. The van der Waals surface area contributed by atoms with Crippen molar-refractivity contribution >= 4 is 27.5 Å². The number of halogens is 3. The lowest BCUT2D eigenvalue weighted by molar-refractivity contribution is -0.140. The predicted octanol–water partition coefficient (Wildman–Crippen LogP) is 2.98. The Hall–Kier alpha value is -2.36. The molecule has 1 amide bonds. The third kappa shape index (κ3) is 3.53. The highest BCUT2D eigenvalue weighted by Crippen LogP contribution is 2.37. The molecule has 0 unspecified atom stereocenters. The first kappa shape index (κ1) is 17.5. The van der Waals surface area contributed by atoms with Gasteiger partial charge in [-0.1, -0.05) is 0 Å². The van der Waals surface area contributed by atoms with Gasteiger partial charge in [-0.15, -0.1) is 11.3 Å². The van der Waals surface area contributed by atoms with E-state index in [1.165, 1.54) is 13.1 Å². The minimum absolute atomic E-state index is 0.0551. The second kappa shape index (κ2) is 6.17. The van der Waals surface area contributed by atoms with Gasteiger partial charge in [-0.2, -0.15) is 23.4 Å². The summed E-state index contributed by atoms with van der Waals surface area (Å²) in [7, 11) is 1.43. The molecule has 25 heavy (non-hydrogen) atoms. The van der Waals surface area contributed by atoms with Crippen LogP contribution in [0.3, 0.4) is 0 Å². The van der Waals surface area contributed by atoms with Crippen molar-refractivity contribution in [3.05, 3.63) is 34.6 Å². The van der Waals surface area contributed by atoms with Crippen LogP contribution >= 0.6 is 11.3 Å². The van der Waals surface area contributed by atoms with Crippen LogP contribution in [-0.4, -0.2) is 31.5 Å². The molecule has 0 aliphatic carbocycles. The molecule has 3 aromatic rings. The molecular formula is C15H16F3N5OS. The normalized spacial score (nSPS) is 13.4. The Bertz CT molecular complexity index is 924. The Morgan fingerprint density at radius 3 is 2.72 bits per heavy atom. The lowest BCUT2D eigenvalue weighted by atomic mass is 10.2. The van der Waals surface area contributed by atoms with Gasteiger partial charge in [0.1, 0.15) is 4.83 Å². The molecule has 0 aromatic carbocycles. The Morgan fingerprint density at radius 1 is 1.40 bits per heavy atom. The van der Waals surface area contributed by atoms with Gasteiger partial charge in [0.05, 0.1) is 17.1 Å². The Balaban J connectivity index is 1.78. The van der Waals surface area contributed by atoms with Crippen LogP contribution in [0.2, 0.25) is 0 Å². The molecule has 0 aliphatic heterocycles. The van der Waals surface area contributed by atoms with E-state index in [1.54, 1.807) is 10.9 Å². The van der Waals surface area contributed by atoms with E-state index in [4.69, 9.17) is 0 Å². The lowest BCUT2D eigenvalue weighted by Gasteiger charge is -2.13. The molecule has 3 rings (SSSR count). The third-order valence-electron chi connectivity index (χ3n) is 3.62. The Kier molecular flexibility index (Phi) is 4.31. The fraction of sp³-hybridized carbons (Fsp3) is 0.400. The van der Waals surface area contributed by atoms with E-state index in [1.807, 2.05) is 19.9 Å². The number of aryl methyl sites for hydroxylation is 2. The number of alkyl halides is 3. The number of carbonyl (C=O) groups is 1. The number of nitrogens with one attached hydrogen (secondary N) is 1. The van der Waals surface area contributed by atoms with Gasteiger partial charge >= 0.3 is 6.18 Å². The van der Waals surface area contributed by atoms with E-state index in [9.17, 15) is 18.0 Å². The summed E-state index contributed by atoms with van der Waals surface area (Å²) in [6.45, 7) is 4.15. The number of carbonyl (C=O) groups excluding carboxylic acids is 1. The number of aromatic nitrogens is 4. The van der Waals surface area contributed by atoms with Crippen molar-refractivity contribution in [1.29, 1.82) is 0 Å². The summed E-state index contributed by atoms with van der Waals surface area (Å²) in [6.07, 6.45) is -2.75. The maximum absolute atomic E-state index is 13.0. The smallest absolute Gasteiger partial charge is 0.347 e. The molecule has 10 heteroatoms. The monoisotopic (exact) mass is 371 g/mol. The van der Waals surface area contributed by atoms with E-state index >= 15 is 0 Å². The number of thiophene rings is 1. The summed E-state index contributed by atoms with van der Waals surface area (Å²) in [4.78, 5) is 12.9. The largest absolute Gasteiger partial charge is 0.435 e. The number of hydrogen-bond donors (Lipinski definition) is 1. The van der Waals surface area contributed by atoms with Crippen molar-refractivity contribution in [2.24, 2.45) is 7.05 Å². The predicted molar refractivity (Wildman–Crippen MR) is 87.5 cm³/mol. The van der Waals surface area contributed by atoms with Crippen molar-refractivity contribution < 1.29 is 18.0 Å². The molecule has 0 aliphatic rings. The number of hydrogen-bond acceptors (Lipinski definition) is 4. The standard InChI is InChI=1S/C15H16F3N5OS/c1-8-4-5-23(20-8)7-9(2)19-13(24)11-6-10-12(15(16,17)18)21-22(3)14(10)25-11/h4-6,9H,7H2,1-3H3,(H,19,24)/t9-/m1/s1. The molecule has 6 nitrogen and oxygen atoms in total. The molecular weight excluding hydrogens is 355 g/mol. The fourth-order valence-corrected chi connectivity index (χ4v) is 3.52. The SMILES string of the molecule is Cc1ccn(C[C@@H](C)NC(=O)c2cc3c(C(F)(F)F)nn(C)c3s2)n1. The minimum Gasteiger partial charge on any atom is -0.347 e. The maximum atomic E-state index is 13.0. The van der Waals surface area contributed by atoms with Gasteiger partial charge in [-0.3, -0.25) is 14.2 Å². The fourth-order valence-electron chi connectivity index (χ4n) is 2.55. The summed E-state index contributed by atoms with van der Waals surface area (Å²) in [5, 5.41) is 10.5. The molecule has 0 spiro atoms. The minimum atomic E-state index is -4.56. The highest BCUT2D eigenvalue weighted by atomic mass is 32.1. The number of nitrogens with zero attached hydrogens (tertiary/aromatic N) is 4. The van der Waals surface area contributed by atoms with Crippen molar-refractivity contribution in [2.75, 3.05) is 0 Å². The summed E-state index contributed by atoms with van der Waals surface area (Å²) >= 11 is 0.987. The average Bonchev–Trinajstić information content (AvgIpc) is 3.15. The van der Waals surface area contributed by atoms with E-state index in [2.05, 4.69) is 15.5 Å². The van der Waals surface area contributed by atoms with Crippen LogP contribution in [0, 0.1) is 6.92 Å². The van der Waals surface area contributed by atoms with Gasteiger partial charge in [0.25, 0.3) is 5.91 Å². The topological polar surface area (TPSA) is 64.7 Å². The molecule has 0 fully saturated rings. The molecule has 0 radical (unpaired) electrons. The summed E-state index contributed by atoms with van der Waals surface area (Å²) in [6, 6.07) is 2.87. The van der Waals surface area contributed by atoms with E-state index in [0.29, 0.717) is 11.4 Å². The molecule has 3 heterocycles. The van der Waals surface area contributed by atoms with E-state index < -0.39 is 17.8 Å². The van der Waals surface area contributed by atoms with Crippen molar-refractivity contribution in [3.63, 3.8) is 0 Å². The highest BCUT2D eigenvalue weighted by molar-refractivity contribution is 7.20. The molecule has 1 atom stereocenters. The average molecular weight is 371 g/mol. The second-order valence-electron chi connectivity index (χ2n) is 5.85. The Labute approximate surface area is 145 Å². The first-order valence-corrected chi connectivity index (χ1v) is 8.31. The van der Waals surface area contributed by atoms with Crippen LogP contribution < -0.4 is 5.32 Å². The zero-order valence-electron chi connectivity index (χ0n) is 13.8. The van der Waals surface area contributed by atoms with Crippen LogP contribution in [-0.2, 0) is 19.8 Å². The summed E-state index contributed by atoms with van der Waals surface area (Å²) in [5.41, 5.74) is -0.101. The Morgan fingerprint density at radius 2 is 2.12 bits per heavy atom. The van der Waals surface area contributed by atoms with Gasteiger partial charge in [0, 0.05) is 24.7 Å². The van der Waals surface area contributed by atoms with Crippen molar-refractivity contribution in [3.8, 4) is 0 Å². The number of amides is 1. The van der Waals surface area contributed by atoms with Crippen molar-refractivity contribution in [1.82, 2.24) is 24.9 Å². The highest BCUT2D eigenvalue weighted by Gasteiger charge is 2.37. The van der Waals surface area contributed by atoms with Gasteiger partial charge in [0.2, 0.25) is 0 Å². The van der Waals surface area contributed by atoms with Crippen LogP contribution in [0.5, 0.6) is 0 Å². The number of rotatable bonds is 4. The zero-order valence-corrected chi connectivity index (χ0v) is 14.6. The second-order valence-corrected chi connectivity index (χ2v) is 6.88. The van der Waals surface area contributed by atoms with Crippen molar-refractivity contribution in [2.45, 2.75) is 32.6 Å². The maximum Gasteiger partial charge on any atom is 0.435 e. The van der Waals surface area contributed by atoms with Gasteiger partial charge < -0.3 is 5.32 Å².